The normalized spacial score (nSPS) is 14.2. The van der Waals surface area contributed by atoms with E-state index in [0.29, 0.717) is 0 Å². The lowest BCUT2D eigenvalue weighted by molar-refractivity contribution is 0.666. The predicted molar refractivity (Wildman–Crippen MR) is 153 cm³/mol. The quantitative estimate of drug-likeness (QED) is 0.247. The number of nitrogens with one attached hydrogen (secondary N) is 1. The molecule has 0 radical (unpaired) electrons. The molecule has 0 spiro atoms. The third-order valence-electron chi connectivity index (χ3n) is 7.95. The zero-order valence-electron chi connectivity index (χ0n) is 19.4. The minimum atomic E-state index is 0.270. The minimum Gasteiger partial charge on any atom is -0.456 e. The topological polar surface area (TPSA) is 25.2 Å². The number of hydrogen-bond acceptors (Lipinski definition) is 4. The molecule has 36 heavy (non-hydrogen) atoms. The SMILES string of the molecule is Cc1c(-c2ccc3c4c2Nc2cccc5c2B4c2c(cccc2S3)S5)ccc2c1oc1ccccc12. The molecule has 0 aliphatic carbocycles. The Morgan fingerprint density at radius 3 is 2.22 bits per heavy atom. The maximum Gasteiger partial charge on any atom is 0.252 e. The molecule has 0 amide bonds. The second kappa shape index (κ2) is 6.81. The molecule has 0 fully saturated rings. The summed E-state index contributed by atoms with van der Waals surface area (Å²) in [6.45, 7) is 2.46. The van der Waals surface area contributed by atoms with Gasteiger partial charge in [0, 0.05) is 52.9 Å². The van der Waals surface area contributed by atoms with E-state index in [0.717, 1.165) is 11.2 Å². The van der Waals surface area contributed by atoms with Crippen molar-refractivity contribution in [3.05, 3.63) is 90.5 Å². The number of fused-ring (bicyclic) bond motifs is 3. The molecule has 4 heterocycles. The van der Waals surface area contributed by atoms with E-state index in [2.05, 4.69) is 91.1 Å². The van der Waals surface area contributed by atoms with Crippen LogP contribution in [-0.2, 0) is 0 Å². The summed E-state index contributed by atoms with van der Waals surface area (Å²) in [5, 5.41) is 6.25. The molecule has 5 heteroatoms. The van der Waals surface area contributed by atoms with Gasteiger partial charge in [-0.3, -0.25) is 0 Å². The van der Waals surface area contributed by atoms with Crippen molar-refractivity contribution in [2.75, 3.05) is 5.32 Å². The maximum absolute atomic E-state index is 6.37. The van der Waals surface area contributed by atoms with E-state index in [-0.39, 0.29) is 6.71 Å². The van der Waals surface area contributed by atoms with Crippen molar-refractivity contribution in [3.8, 4) is 11.1 Å². The Kier molecular flexibility index (Phi) is 3.72. The fourth-order valence-electron chi connectivity index (χ4n) is 6.38. The molecular formula is C31H18BNOS2. The van der Waals surface area contributed by atoms with Crippen LogP contribution in [0.15, 0.2) is 109 Å². The van der Waals surface area contributed by atoms with Gasteiger partial charge in [0.25, 0.3) is 6.71 Å². The van der Waals surface area contributed by atoms with E-state index in [1.54, 1.807) is 0 Å². The van der Waals surface area contributed by atoms with Gasteiger partial charge in [-0.1, -0.05) is 66.0 Å². The third kappa shape index (κ3) is 2.38. The standard InChI is InChI=1S/C31H18BNOS2/c1-16-17(12-13-20-18-6-2-3-8-22(18)34-31(16)20)19-14-15-26-29-30(19)33-21-7-4-9-23-27(21)32(29)28-24(35-23)10-5-11-25(28)36-26/h2-15,33H,1H3. The molecule has 0 unspecified atom stereocenters. The first kappa shape index (κ1) is 19.6. The van der Waals surface area contributed by atoms with Crippen molar-refractivity contribution >= 4 is 79.9 Å². The summed E-state index contributed by atoms with van der Waals surface area (Å²) in [5.41, 5.74) is 12.4. The van der Waals surface area contributed by atoms with E-state index >= 15 is 0 Å². The fraction of sp³-hybridized carbons (Fsp3) is 0.0323. The molecule has 1 N–H and O–H groups in total. The summed E-state index contributed by atoms with van der Waals surface area (Å²) in [5.74, 6) is 0. The summed E-state index contributed by atoms with van der Waals surface area (Å²) in [7, 11) is 0. The highest BCUT2D eigenvalue weighted by atomic mass is 32.2. The summed E-state index contributed by atoms with van der Waals surface area (Å²) in [6.07, 6.45) is 0. The smallest absolute Gasteiger partial charge is 0.252 e. The monoisotopic (exact) mass is 495 g/mol. The molecule has 0 saturated carbocycles. The molecule has 0 bridgehead atoms. The van der Waals surface area contributed by atoms with E-state index in [1.165, 1.54) is 74.8 Å². The molecule has 1 aromatic heterocycles. The zero-order valence-corrected chi connectivity index (χ0v) is 21.0. The van der Waals surface area contributed by atoms with E-state index in [1.807, 2.05) is 29.6 Å². The largest absolute Gasteiger partial charge is 0.456 e. The molecule has 9 rings (SSSR count). The number of aryl methyl sites for hydroxylation is 1. The van der Waals surface area contributed by atoms with Gasteiger partial charge in [-0.2, -0.15) is 0 Å². The van der Waals surface area contributed by atoms with Crippen LogP contribution in [0.1, 0.15) is 5.56 Å². The number of anilines is 2. The molecule has 6 aromatic rings. The highest BCUT2D eigenvalue weighted by Gasteiger charge is 2.43. The molecule has 3 aliphatic rings. The van der Waals surface area contributed by atoms with Gasteiger partial charge < -0.3 is 9.73 Å². The highest BCUT2D eigenvalue weighted by molar-refractivity contribution is 8.01. The number of hydrogen-bond donors (Lipinski definition) is 1. The van der Waals surface area contributed by atoms with Gasteiger partial charge in [-0.25, -0.2) is 0 Å². The average Bonchev–Trinajstić information content (AvgIpc) is 3.29. The Bertz CT molecular complexity index is 1920. The van der Waals surface area contributed by atoms with Gasteiger partial charge in [0.15, 0.2) is 0 Å². The van der Waals surface area contributed by atoms with Crippen LogP contribution in [0.4, 0.5) is 11.4 Å². The van der Waals surface area contributed by atoms with Gasteiger partial charge >= 0.3 is 0 Å². The van der Waals surface area contributed by atoms with Crippen molar-refractivity contribution in [1.29, 1.82) is 0 Å². The summed E-state index contributed by atoms with van der Waals surface area (Å²) < 4.78 is 6.37. The Labute approximate surface area is 217 Å². The van der Waals surface area contributed by atoms with Crippen LogP contribution in [-0.4, -0.2) is 6.71 Å². The van der Waals surface area contributed by atoms with Crippen LogP contribution >= 0.6 is 23.5 Å². The lowest BCUT2D eigenvalue weighted by Crippen LogP contribution is -2.61. The van der Waals surface area contributed by atoms with E-state index in [4.69, 9.17) is 4.42 Å². The van der Waals surface area contributed by atoms with Crippen molar-refractivity contribution < 1.29 is 4.42 Å². The zero-order chi connectivity index (χ0) is 23.5. The molecule has 2 nitrogen and oxygen atoms in total. The Morgan fingerprint density at radius 1 is 0.639 bits per heavy atom. The van der Waals surface area contributed by atoms with Crippen molar-refractivity contribution in [2.45, 2.75) is 26.5 Å². The van der Waals surface area contributed by atoms with Crippen LogP contribution in [0.2, 0.25) is 0 Å². The summed E-state index contributed by atoms with van der Waals surface area (Å²) >= 11 is 3.82. The van der Waals surface area contributed by atoms with Crippen LogP contribution in [0.25, 0.3) is 33.1 Å². The first-order valence-corrected chi connectivity index (χ1v) is 13.9. The number of furan rings is 1. The lowest BCUT2D eigenvalue weighted by Gasteiger charge is -2.39. The number of rotatable bonds is 1. The molecule has 0 atom stereocenters. The highest BCUT2D eigenvalue weighted by Crippen LogP contribution is 2.46. The first-order valence-electron chi connectivity index (χ1n) is 12.2. The van der Waals surface area contributed by atoms with Crippen LogP contribution in [0, 0.1) is 6.92 Å². The molecular weight excluding hydrogens is 477 g/mol. The fourth-order valence-corrected chi connectivity index (χ4v) is 8.84. The van der Waals surface area contributed by atoms with Crippen LogP contribution < -0.4 is 21.7 Å². The van der Waals surface area contributed by atoms with Crippen LogP contribution in [0.3, 0.4) is 0 Å². The summed E-state index contributed by atoms with van der Waals surface area (Å²) in [6, 6.07) is 30.9. The molecule has 0 saturated heterocycles. The van der Waals surface area contributed by atoms with E-state index in [9.17, 15) is 0 Å². The Morgan fingerprint density at radius 2 is 1.36 bits per heavy atom. The minimum absolute atomic E-state index is 0.270. The molecule has 3 aliphatic heterocycles. The number of para-hydroxylation sites is 1. The summed E-state index contributed by atoms with van der Waals surface area (Å²) in [4.78, 5) is 5.49. The van der Waals surface area contributed by atoms with E-state index < -0.39 is 0 Å². The van der Waals surface area contributed by atoms with Crippen LogP contribution in [0.5, 0.6) is 0 Å². The third-order valence-corrected chi connectivity index (χ3v) is 10.3. The maximum atomic E-state index is 6.37. The first-order chi connectivity index (χ1) is 17.8. The molecule has 5 aromatic carbocycles. The Balaban J connectivity index is 1.34. The second-order valence-corrected chi connectivity index (χ2v) is 11.9. The molecule has 168 valence electrons. The number of benzene rings is 5. The second-order valence-electron chi connectivity index (χ2n) is 9.76. The van der Waals surface area contributed by atoms with Gasteiger partial charge in [-0.05, 0) is 71.3 Å². The predicted octanol–water partition coefficient (Wildman–Crippen LogP) is 7.06. The van der Waals surface area contributed by atoms with Gasteiger partial charge in [0.05, 0.1) is 0 Å². The average molecular weight is 495 g/mol. The van der Waals surface area contributed by atoms with Gasteiger partial charge in [-0.15, -0.1) is 0 Å². The lowest BCUT2D eigenvalue weighted by atomic mass is 9.34. The van der Waals surface area contributed by atoms with Crippen molar-refractivity contribution in [3.63, 3.8) is 0 Å². The Hall–Kier alpha value is -3.54. The van der Waals surface area contributed by atoms with Gasteiger partial charge in [0.2, 0.25) is 0 Å². The van der Waals surface area contributed by atoms with Crippen molar-refractivity contribution in [2.24, 2.45) is 0 Å². The van der Waals surface area contributed by atoms with Crippen molar-refractivity contribution in [1.82, 2.24) is 0 Å². The van der Waals surface area contributed by atoms with Gasteiger partial charge in [0.1, 0.15) is 11.2 Å².